The van der Waals surface area contributed by atoms with Gasteiger partial charge in [-0.2, -0.15) is 0 Å². The normalized spacial score (nSPS) is 12.9. The van der Waals surface area contributed by atoms with Gasteiger partial charge in [-0.15, -0.1) is 0 Å². The van der Waals surface area contributed by atoms with Gasteiger partial charge in [0.2, 0.25) is 0 Å². The molecule has 0 aliphatic rings. The van der Waals surface area contributed by atoms with Gasteiger partial charge in [0.25, 0.3) is 0 Å². The Morgan fingerprint density at radius 1 is 1.18 bits per heavy atom. The van der Waals surface area contributed by atoms with Gasteiger partial charge in [0.1, 0.15) is 0 Å². The van der Waals surface area contributed by atoms with Crippen LogP contribution >= 0.6 is 0 Å². The van der Waals surface area contributed by atoms with Crippen molar-refractivity contribution in [3.8, 4) is 0 Å². The van der Waals surface area contributed by atoms with Crippen LogP contribution < -0.4 is 5.32 Å². The summed E-state index contributed by atoms with van der Waals surface area (Å²) in [5.41, 5.74) is 1.42. The lowest BCUT2D eigenvalue weighted by molar-refractivity contribution is 0.202. The van der Waals surface area contributed by atoms with Gasteiger partial charge >= 0.3 is 0 Å². The van der Waals surface area contributed by atoms with Crippen molar-refractivity contribution in [2.75, 3.05) is 26.7 Å². The van der Waals surface area contributed by atoms with E-state index in [2.05, 4.69) is 54.4 Å². The molecule has 0 aliphatic heterocycles. The molecule has 0 heterocycles. The van der Waals surface area contributed by atoms with Gasteiger partial charge in [-0.05, 0) is 32.1 Å². The lowest BCUT2D eigenvalue weighted by Crippen LogP contribution is -2.35. The van der Waals surface area contributed by atoms with Crippen molar-refractivity contribution in [1.82, 2.24) is 10.2 Å². The van der Waals surface area contributed by atoms with E-state index in [9.17, 15) is 0 Å². The maximum atomic E-state index is 3.32. The first-order valence-electron chi connectivity index (χ1n) is 6.77. The standard InChI is InChI=1S/C15H26N2/c1-4-6-12-17(5-2)15(13-16-3)14-10-8-7-9-11-14/h7-11,15-16H,4-6,12-13H2,1-3H3. The Morgan fingerprint density at radius 3 is 2.41 bits per heavy atom. The fraction of sp³-hybridized carbons (Fsp3) is 0.600. The number of rotatable bonds is 8. The minimum atomic E-state index is 0.498. The molecular formula is C15H26N2. The van der Waals surface area contributed by atoms with Crippen molar-refractivity contribution in [2.45, 2.75) is 32.7 Å². The number of unbranched alkanes of at least 4 members (excludes halogenated alkanes) is 1. The largest absolute Gasteiger partial charge is 0.318 e. The first-order valence-corrected chi connectivity index (χ1v) is 6.77. The van der Waals surface area contributed by atoms with Gasteiger partial charge in [0, 0.05) is 12.6 Å². The fourth-order valence-electron chi connectivity index (χ4n) is 2.22. The summed E-state index contributed by atoms with van der Waals surface area (Å²) in [5, 5.41) is 3.32. The Labute approximate surface area is 106 Å². The molecule has 0 saturated carbocycles. The zero-order valence-electron chi connectivity index (χ0n) is 11.4. The summed E-state index contributed by atoms with van der Waals surface area (Å²) in [6, 6.07) is 11.3. The van der Waals surface area contributed by atoms with Gasteiger partial charge in [0.05, 0.1) is 0 Å². The molecule has 0 amide bonds. The summed E-state index contributed by atoms with van der Waals surface area (Å²) in [6.45, 7) is 7.82. The molecule has 1 rings (SSSR count). The van der Waals surface area contributed by atoms with Crippen LogP contribution in [0.25, 0.3) is 0 Å². The third kappa shape index (κ3) is 4.49. The van der Waals surface area contributed by atoms with Gasteiger partial charge in [-0.25, -0.2) is 0 Å². The molecule has 96 valence electrons. The number of nitrogens with one attached hydrogen (secondary N) is 1. The molecule has 0 spiro atoms. The van der Waals surface area contributed by atoms with Gasteiger partial charge < -0.3 is 5.32 Å². The van der Waals surface area contributed by atoms with Crippen LogP contribution in [0.5, 0.6) is 0 Å². The first kappa shape index (κ1) is 14.2. The molecule has 1 unspecified atom stereocenters. The summed E-state index contributed by atoms with van der Waals surface area (Å²) >= 11 is 0. The highest BCUT2D eigenvalue weighted by molar-refractivity contribution is 5.19. The number of hydrogen-bond donors (Lipinski definition) is 1. The second-order valence-corrected chi connectivity index (χ2v) is 4.47. The maximum absolute atomic E-state index is 3.32. The average Bonchev–Trinajstić information content (AvgIpc) is 2.39. The van der Waals surface area contributed by atoms with Crippen LogP contribution in [0.1, 0.15) is 38.3 Å². The van der Waals surface area contributed by atoms with E-state index in [1.807, 2.05) is 7.05 Å². The second-order valence-electron chi connectivity index (χ2n) is 4.47. The monoisotopic (exact) mass is 234 g/mol. The van der Waals surface area contributed by atoms with Crippen LogP contribution in [0.3, 0.4) is 0 Å². The zero-order chi connectivity index (χ0) is 12.5. The van der Waals surface area contributed by atoms with Crippen molar-refractivity contribution in [3.63, 3.8) is 0 Å². The number of nitrogens with zero attached hydrogens (tertiary/aromatic N) is 1. The van der Waals surface area contributed by atoms with E-state index in [0.717, 1.165) is 13.1 Å². The zero-order valence-corrected chi connectivity index (χ0v) is 11.4. The molecule has 0 aromatic heterocycles. The Bertz CT molecular complexity index is 284. The minimum absolute atomic E-state index is 0.498. The highest BCUT2D eigenvalue weighted by atomic mass is 15.2. The molecule has 0 fully saturated rings. The molecule has 0 radical (unpaired) electrons. The predicted octanol–water partition coefficient (Wildman–Crippen LogP) is 3.07. The number of hydrogen-bond acceptors (Lipinski definition) is 2. The second kappa shape index (κ2) is 8.26. The third-order valence-electron chi connectivity index (χ3n) is 3.23. The molecule has 0 bridgehead atoms. The smallest absolute Gasteiger partial charge is 0.0472 e. The highest BCUT2D eigenvalue weighted by Gasteiger charge is 2.17. The molecular weight excluding hydrogens is 208 g/mol. The van der Waals surface area contributed by atoms with Crippen molar-refractivity contribution in [1.29, 1.82) is 0 Å². The SMILES string of the molecule is CCCCN(CC)C(CNC)c1ccccc1. The lowest BCUT2D eigenvalue weighted by Gasteiger charge is -2.31. The Kier molecular flexibility index (Phi) is 6.90. The lowest BCUT2D eigenvalue weighted by atomic mass is 10.0. The predicted molar refractivity (Wildman–Crippen MR) is 75.3 cm³/mol. The van der Waals surface area contributed by atoms with E-state index in [4.69, 9.17) is 0 Å². The van der Waals surface area contributed by atoms with E-state index in [1.54, 1.807) is 0 Å². The Hall–Kier alpha value is -0.860. The molecule has 17 heavy (non-hydrogen) atoms. The molecule has 1 atom stereocenters. The van der Waals surface area contributed by atoms with Gasteiger partial charge in [0.15, 0.2) is 0 Å². The van der Waals surface area contributed by atoms with E-state index in [0.29, 0.717) is 6.04 Å². The van der Waals surface area contributed by atoms with Crippen LogP contribution in [-0.4, -0.2) is 31.6 Å². The topological polar surface area (TPSA) is 15.3 Å². The highest BCUT2D eigenvalue weighted by Crippen LogP contribution is 2.20. The molecule has 0 aliphatic carbocycles. The van der Waals surface area contributed by atoms with Crippen molar-refractivity contribution >= 4 is 0 Å². The summed E-state index contributed by atoms with van der Waals surface area (Å²) < 4.78 is 0. The first-order chi connectivity index (χ1) is 8.33. The molecule has 1 aromatic rings. The van der Waals surface area contributed by atoms with Crippen molar-refractivity contribution in [3.05, 3.63) is 35.9 Å². The van der Waals surface area contributed by atoms with Crippen LogP contribution in [0.15, 0.2) is 30.3 Å². The summed E-state index contributed by atoms with van der Waals surface area (Å²) in [7, 11) is 2.03. The molecule has 1 aromatic carbocycles. The molecule has 0 saturated heterocycles. The van der Waals surface area contributed by atoms with Crippen LogP contribution in [0, 0.1) is 0 Å². The maximum Gasteiger partial charge on any atom is 0.0472 e. The van der Waals surface area contributed by atoms with Crippen LogP contribution in [0.4, 0.5) is 0 Å². The van der Waals surface area contributed by atoms with E-state index in [-0.39, 0.29) is 0 Å². The molecule has 2 nitrogen and oxygen atoms in total. The Morgan fingerprint density at radius 2 is 1.88 bits per heavy atom. The van der Waals surface area contributed by atoms with Gasteiger partial charge in [-0.1, -0.05) is 50.6 Å². The van der Waals surface area contributed by atoms with E-state index >= 15 is 0 Å². The van der Waals surface area contributed by atoms with Crippen LogP contribution in [-0.2, 0) is 0 Å². The van der Waals surface area contributed by atoms with E-state index < -0.39 is 0 Å². The summed E-state index contributed by atoms with van der Waals surface area (Å²) in [4.78, 5) is 2.56. The minimum Gasteiger partial charge on any atom is -0.318 e. The molecule has 2 heteroatoms. The third-order valence-corrected chi connectivity index (χ3v) is 3.23. The van der Waals surface area contributed by atoms with Crippen molar-refractivity contribution in [2.24, 2.45) is 0 Å². The Balaban J connectivity index is 2.75. The summed E-state index contributed by atoms with van der Waals surface area (Å²) in [6.07, 6.45) is 2.54. The summed E-state index contributed by atoms with van der Waals surface area (Å²) in [5.74, 6) is 0. The van der Waals surface area contributed by atoms with Crippen molar-refractivity contribution < 1.29 is 0 Å². The van der Waals surface area contributed by atoms with Gasteiger partial charge in [-0.3, -0.25) is 4.90 Å². The van der Waals surface area contributed by atoms with Crippen LogP contribution in [0.2, 0.25) is 0 Å². The van der Waals surface area contributed by atoms with E-state index in [1.165, 1.54) is 24.9 Å². The number of likely N-dealkylation sites (N-methyl/N-ethyl adjacent to an activating group) is 2. The fourth-order valence-corrected chi connectivity index (χ4v) is 2.22. The quantitative estimate of drug-likeness (QED) is 0.743. The molecule has 1 N–H and O–H groups in total. The average molecular weight is 234 g/mol. The number of benzene rings is 1.